The number of hydrogen-bond acceptors (Lipinski definition) is 2. The van der Waals surface area contributed by atoms with Crippen LogP contribution in [-0.4, -0.2) is 11.8 Å². The Morgan fingerprint density at radius 3 is 0.974 bits per heavy atom. The van der Waals surface area contributed by atoms with Gasteiger partial charge in [0, 0.05) is 25.9 Å². The van der Waals surface area contributed by atoms with Crippen molar-refractivity contribution < 1.29 is 62.3 Å². The normalized spacial score (nSPS) is 12.8. The third kappa shape index (κ3) is 9.98. The second-order valence-corrected chi connectivity index (χ2v) is 8.24. The standard InChI is InChI=1S/C23H18F12N2O2/c24-20(25,26)14-4-12(5-15(8-14)21(27,28)29)10-36-18(38)2-1-3-19(39)37-11-13-6-16(22(30,31)32)9-17(7-13)23(33,34)35/h4-9H,1-3,10-11H2,(H,36,38)(H,37,39). The van der Waals surface area contributed by atoms with E-state index in [1.807, 2.05) is 0 Å². The van der Waals surface area contributed by atoms with Crippen molar-refractivity contribution in [2.24, 2.45) is 0 Å². The van der Waals surface area contributed by atoms with Crippen molar-refractivity contribution in [3.05, 3.63) is 69.8 Å². The van der Waals surface area contributed by atoms with E-state index in [4.69, 9.17) is 0 Å². The third-order valence-electron chi connectivity index (χ3n) is 5.08. The summed E-state index contributed by atoms with van der Waals surface area (Å²) in [4.78, 5) is 23.8. The summed E-state index contributed by atoms with van der Waals surface area (Å²) in [5, 5.41) is 4.22. The van der Waals surface area contributed by atoms with E-state index in [0.717, 1.165) is 0 Å². The number of hydrogen-bond donors (Lipinski definition) is 2. The predicted molar refractivity (Wildman–Crippen MR) is 110 cm³/mol. The van der Waals surface area contributed by atoms with Crippen molar-refractivity contribution in [3.8, 4) is 0 Å². The van der Waals surface area contributed by atoms with Gasteiger partial charge in [0.25, 0.3) is 0 Å². The van der Waals surface area contributed by atoms with E-state index in [9.17, 15) is 62.3 Å². The van der Waals surface area contributed by atoms with Gasteiger partial charge in [0.05, 0.1) is 22.3 Å². The fourth-order valence-corrected chi connectivity index (χ4v) is 3.23. The van der Waals surface area contributed by atoms with E-state index < -0.39 is 95.8 Å². The largest absolute Gasteiger partial charge is 0.416 e. The van der Waals surface area contributed by atoms with E-state index in [1.54, 1.807) is 0 Å². The van der Waals surface area contributed by atoms with Crippen molar-refractivity contribution in [2.75, 3.05) is 0 Å². The molecule has 0 saturated carbocycles. The highest BCUT2D eigenvalue weighted by Crippen LogP contribution is 2.37. The van der Waals surface area contributed by atoms with Gasteiger partial charge in [-0.2, -0.15) is 52.7 Å². The van der Waals surface area contributed by atoms with Gasteiger partial charge in [-0.25, -0.2) is 0 Å². The highest BCUT2D eigenvalue weighted by Gasteiger charge is 2.38. The first-order valence-electron chi connectivity index (χ1n) is 10.8. The van der Waals surface area contributed by atoms with Gasteiger partial charge in [0.1, 0.15) is 0 Å². The third-order valence-corrected chi connectivity index (χ3v) is 5.08. The highest BCUT2D eigenvalue weighted by molar-refractivity contribution is 5.78. The molecule has 0 aliphatic carbocycles. The van der Waals surface area contributed by atoms with Crippen LogP contribution >= 0.6 is 0 Å². The number of carbonyl (C=O) groups excluding carboxylic acids is 2. The summed E-state index contributed by atoms with van der Waals surface area (Å²) in [6.07, 6.45) is -21.3. The molecule has 0 aliphatic rings. The molecule has 216 valence electrons. The minimum absolute atomic E-state index is 0.0762. The maximum atomic E-state index is 12.9. The Kier molecular flexibility index (Phi) is 9.56. The molecule has 16 heteroatoms. The maximum absolute atomic E-state index is 12.9. The molecule has 2 amide bonds. The molecule has 2 N–H and O–H groups in total. The van der Waals surface area contributed by atoms with Crippen LogP contribution in [0.4, 0.5) is 52.7 Å². The van der Waals surface area contributed by atoms with E-state index in [1.165, 1.54) is 0 Å². The van der Waals surface area contributed by atoms with Crippen LogP contribution in [0.5, 0.6) is 0 Å². The smallest absolute Gasteiger partial charge is 0.352 e. The summed E-state index contributed by atoms with van der Waals surface area (Å²) in [6.45, 7) is -1.37. The van der Waals surface area contributed by atoms with Gasteiger partial charge in [0.15, 0.2) is 0 Å². The summed E-state index contributed by atoms with van der Waals surface area (Å²) in [5.41, 5.74) is -7.24. The molecule has 0 aliphatic heterocycles. The molecule has 4 nitrogen and oxygen atoms in total. The molecular weight excluding hydrogens is 564 g/mol. The van der Waals surface area contributed by atoms with Crippen LogP contribution in [0.25, 0.3) is 0 Å². The van der Waals surface area contributed by atoms with Gasteiger partial charge in [0.2, 0.25) is 11.8 Å². The molecule has 2 aromatic rings. The SMILES string of the molecule is O=C(CCCC(=O)NCc1cc(C(F)(F)F)cc(C(F)(F)F)c1)NCc1cc(C(F)(F)F)cc(C(F)(F)F)c1. The van der Waals surface area contributed by atoms with Crippen LogP contribution in [0, 0.1) is 0 Å². The maximum Gasteiger partial charge on any atom is 0.416 e. The second-order valence-electron chi connectivity index (χ2n) is 8.24. The molecule has 0 heterocycles. The molecule has 0 saturated heterocycles. The fraction of sp³-hybridized carbons (Fsp3) is 0.391. The van der Waals surface area contributed by atoms with E-state index >= 15 is 0 Å². The first-order valence-corrected chi connectivity index (χ1v) is 10.8. The average molecular weight is 582 g/mol. The van der Waals surface area contributed by atoms with Gasteiger partial charge in [-0.3, -0.25) is 9.59 Å². The summed E-state index contributed by atoms with van der Waals surface area (Å²) in [5.74, 6) is -1.66. The Balaban J connectivity index is 1.91. The number of benzene rings is 2. The van der Waals surface area contributed by atoms with Gasteiger partial charge in [-0.1, -0.05) is 0 Å². The van der Waals surface area contributed by atoms with Crippen LogP contribution in [-0.2, 0) is 47.4 Å². The van der Waals surface area contributed by atoms with Crippen molar-refractivity contribution in [1.29, 1.82) is 0 Å². The van der Waals surface area contributed by atoms with Crippen molar-refractivity contribution in [3.63, 3.8) is 0 Å². The summed E-state index contributed by atoms with van der Waals surface area (Å²) in [7, 11) is 0. The Morgan fingerprint density at radius 1 is 0.487 bits per heavy atom. The van der Waals surface area contributed by atoms with Crippen LogP contribution in [0.2, 0.25) is 0 Å². The second kappa shape index (κ2) is 11.7. The minimum atomic E-state index is -5.07. The molecule has 0 aromatic heterocycles. The number of nitrogens with one attached hydrogen (secondary N) is 2. The molecule has 0 atom stereocenters. The number of carbonyl (C=O) groups is 2. The molecule has 0 radical (unpaired) electrons. The lowest BCUT2D eigenvalue weighted by Gasteiger charge is -2.15. The molecule has 2 rings (SSSR count). The average Bonchev–Trinajstić information content (AvgIpc) is 2.79. The first kappa shape index (κ1) is 31.8. The molecule has 0 fully saturated rings. The topological polar surface area (TPSA) is 58.2 Å². The lowest BCUT2D eigenvalue weighted by atomic mass is 10.0. The summed E-state index contributed by atoms with van der Waals surface area (Å²) >= 11 is 0. The van der Waals surface area contributed by atoms with E-state index in [2.05, 4.69) is 10.6 Å². The quantitative estimate of drug-likeness (QED) is 0.334. The molecule has 0 spiro atoms. The van der Waals surface area contributed by atoms with Gasteiger partial charge in [-0.05, 0) is 53.9 Å². The molecule has 39 heavy (non-hydrogen) atoms. The molecule has 2 aromatic carbocycles. The first-order chi connectivity index (χ1) is 17.7. The molecular formula is C23H18F12N2O2. The Bertz CT molecular complexity index is 1030. The lowest BCUT2D eigenvalue weighted by molar-refractivity contribution is -0.144. The Hall–Kier alpha value is -3.46. The zero-order valence-corrected chi connectivity index (χ0v) is 19.4. The zero-order chi connectivity index (χ0) is 29.8. The van der Waals surface area contributed by atoms with E-state index in [-0.39, 0.29) is 18.6 Å². The van der Waals surface area contributed by atoms with E-state index in [0.29, 0.717) is 24.3 Å². The fourth-order valence-electron chi connectivity index (χ4n) is 3.23. The highest BCUT2D eigenvalue weighted by atomic mass is 19.4. The molecule has 0 unspecified atom stereocenters. The monoisotopic (exact) mass is 582 g/mol. The van der Waals surface area contributed by atoms with Crippen LogP contribution in [0.15, 0.2) is 36.4 Å². The number of rotatable bonds is 8. The zero-order valence-electron chi connectivity index (χ0n) is 19.4. The predicted octanol–water partition coefficient (Wildman–Crippen LogP) is 6.86. The Labute approximate surface area is 212 Å². The number of halogens is 12. The summed E-state index contributed by atoms with van der Waals surface area (Å²) in [6, 6.07) is 1.57. The molecule has 0 bridgehead atoms. The van der Waals surface area contributed by atoms with Crippen molar-refractivity contribution in [2.45, 2.75) is 57.1 Å². The van der Waals surface area contributed by atoms with Crippen LogP contribution < -0.4 is 10.6 Å². The van der Waals surface area contributed by atoms with Gasteiger partial charge >= 0.3 is 24.7 Å². The Morgan fingerprint density at radius 2 is 0.744 bits per heavy atom. The van der Waals surface area contributed by atoms with Crippen molar-refractivity contribution in [1.82, 2.24) is 10.6 Å². The summed E-state index contributed by atoms with van der Waals surface area (Å²) < 4.78 is 155. The van der Waals surface area contributed by atoms with Crippen LogP contribution in [0.3, 0.4) is 0 Å². The van der Waals surface area contributed by atoms with Crippen molar-refractivity contribution >= 4 is 11.8 Å². The van der Waals surface area contributed by atoms with Gasteiger partial charge < -0.3 is 10.6 Å². The number of alkyl halides is 12. The van der Waals surface area contributed by atoms with Gasteiger partial charge in [-0.15, -0.1) is 0 Å². The van der Waals surface area contributed by atoms with Crippen LogP contribution in [0.1, 0.15) is 52.6 Å². The minimum Gasteiger partial charge on any atom is -0.352 e. The number of amides is 2. The lowest BCUT2D eigenvalue weighted by Crippen LogP contribution is -2.25.